The van der Waals surface area contributed by atoms with Crippen LogP contribution in [0.3, 0.4) is 0 Å². The maximum absolute atomic E-state index is 6.26. The van der Waals surface area contributed by atoms with Crippen molar-refractivity contribution in [1.82, 2.24) is 5.16 Å². The number of aryl methyl sites for hydroxylation is 1. The minimum absolute atomic E-state index is 0.316. The lowest BCUT2D eigenvalue weighted by Gasteiger charge is -2.22. The largest absolute Gasteiger partial charge is 0.378 e. The fourth-order valence-electron chi connectivity index (χ4n) is 2.79. The van der Waals surface area contributed by atoms with Crippen molar-refractivity contribution in [3.63, 3.8) is 0 Å². The first kappa shape index (κ1) is 14.4. The molecule has 1 aliphatic rings. The number of nitrogens with zero attached hydrogens (tertiary/aromatic N) is 1. The second-order valence-electron chi connectivity index (χ2n) is 5.38. The molecule has 0 amide bonds. The van der Waals surface area contributed by atoms with Gasteiger partial charge in [0.15, 0.2) is 0 Å². The summed E-state index contributed by atoms with van der Waals surface area (Å²) in [7, 11) is 0. The topological polar surface area (TPSA) is 61.3 Å². The molecule has 0 bridgehead atoms. The van der Waals surface area contributed by atoms with Crippen LogP contribution in [0.2, 0.25) is 5.02 Å². The second-order valence-corrected chi connectivity index (χ2v) is 5.78. The number of hydrogen-bond donors (Lipinski definition) is 1. The van der Waals surface area contributed by atoms with E-state index in [2.05, 4.69) is 5.16 Å². The molecule has 1 aliphatic heterocycles. The van der Waals surface area contributed by atoms with Gasteiger partial charge in [0.2, 0.25) is 5.88 Å². The SMILES string of the molecule is Nc1onc(CCC2CCCCO2)c1-c1ccccc1Cl. The number of benzene rings is 1. The summed E-state index contributed by atoms with van der Waals surface area (Å²) >= 11 is 6.26. The zero-order valence-electron chi connectivity index (χ0n) is 11.8. The van der Waals surface area contributed by atoms with Gasteiger partial charge in [-0.3, -0.25) is 0 Å². The molecule has 0 spiro atoms. The monoisotopic (exact) mass is 306 g/mol. The van der Waals surface area contributed by atoms with E-state index in [1.54, 1.807) is 0 Å². The van der Waals surface area contributed by atoms with Gasteiger partial charge in [0, 0.05) is 17.2 Å². The van der Waals surface area contributed by atoms with Crippen LogP contribution in [0.15, 0.2) is 28.8 Å². The van der Waals surface area contributed by atoms with Gasteiger partial charge >= 0.3 is 0 Å². The second kappa shape index (κ2) is 6.50. The predicted molar refractivity (Wildman–Crippen MR) is 83.3 cm³/mol. The van der Waals surface area contributed by atoms with Crippen LogP contribution in [-0.2, 0) is 11.2 Å². The van der Waals surface area contributed by atoms with Crippen LogP contribution < -0.4 is 5.73 Å². The summed E-state index contributed by atoms with van der Waals surface area (Å²) in [5, 5.41) is 4.76. The molecule has 112 valence electrons. The Morgan fingerprint density at radius 1 is 1.29 bits per heavy atom. The number of halogens is 1. The third-order valence-corrected chi connectivity index (χ3v) is 4.24. The Morgan fingerprint density at radius 3 is 2.90 bits per heavy atom. The van der Waals surface area contributed by atoms with Gasteiger partial charge in [-0.05, 0) is 38.2 Å². The maximum atomic E-state index is 6.26. The molecule has 1 saturated heterocycles. The number of rotatable bonds is 4. The Bertz CT molecular complexity index is 606. The van der Waals surface area contributed by atoms with Crippen molar-refractivity contribution >= 4 is 17.5 Å². The fourth-order valence-corrected chi connectivity index (χ4v) is 3.02. The fraction of sp³-hybridized carbons (Fsp3) is 0.438. The Balaban J connectivity index is 1.79. The van der Waals surface area contributed by atoms with Crippen molar-refractivity contribution in [2.24, 2.45) is 0 Å². The van der Waals surface area contributed by atoms with Crippen molar-refractivity contribution in [3.8, 4) is 11.1 Å². The van der Waals surface area contributed by atoms with E-state index in [9.17, 15) is 0 Å². The van der Waals surface area contributed by atoms with Crippen molar-refractivity contribution < 1.29 is 9.26 Å². The van der Waals surface area contributed by atoms with Gasteiger partial charge in [-0.15, -0.1) is 0 Å². The van der Waals surface area contributed by atoms with E-state index in [1.807, 2.05) is 24.3 Å². The van der Waals surface area contributed by atoms with Gasteiger partial charge in [0.05, 0.1) is 17.4 Å². The summed E-state index contributed by atoms with van der Waals surface area (Å²) in [4.78, 5) is 0. The number of ether oxygens (including phenoxy) is 1. The first-order chi connectivity index (χ1) is 10.3. The quantitative estimate of drug-likeness (QED) is 0.924. The highest BCUT2D eigenvalue weighted by Crippen LogP contribution is 2.35. The maximum Gasteiger partial charge on any atom is 0.230 e. The lowest BCUT2D eigenvalue weighted by Crippen LogP contribution is -2.19. The van der Waals surface area contributed by atoms with Gasteiger partial charge in [0.25, 0.3) is 0 Å². The summed E-state index contributed by atoms with van der Waals surface area (Å²) in [6, 6.07) is 7.61. The van der Waals surface area contributed by atoms with Crippen LogP contribution in [0, 0.1) is 0 Å². The van der Waals surface area contributed by atoms with Crippen molar-refractivity contribution in [3.05, 3.63) is 35.0 Å². The summed E-state index contributed by atoms with van der Waals surface area (Å²) in [5.41, 5.74) is 8.48. The van der Waals surface area contributed by atoms with Crippen molar-refractivity contribution in [2.75, 3.05) is 12.3 Å². The molecule has 2 heterocycles. The first-order valence-electron chi connectivity index (χ1n) is 7.36. The summed E-state index contributed by atoms with van der Waals surface area (Å²) in [5.74, 6) is 0.322. The lowest BCUT2D eigenvalue weighted by molar-refractivity contribution is 0.0113. The highest BCUT2D eigenvalue weighted by Gasteiger charge is 2.20. The average molecular weight is 307 g/mol. The van der Waals surface area contributed by atoms with E-state index < -0.39 is 0 Å². The van der Waals surface area contributed by atoms with E-state index in [1.165, 1.54) is 6.42 Å². The molecule has 1 aromatic heterocycles. The van der Waals surface area contributed by atoms with E-state index >= 15 is 0 Å². The van der Waals surface area contributed by atoms with Gasteiger partial charge in [-0.25, -0.2) is 0 Å². The zero-order chi connectivity index (χ0) is 14.7. The molecule has 21 heavy (non-hydrogen) atoms. The highest BCUT2D eigenvalue weighted by molar-refractivity contribution is 6.33. The molecule has 2 N–H and O–H groups in total. The number of nitrogens with two attached hydrogens (primary N) is 1. The molecular formula is C16H19ClN2O2. The van der Waals surface area contributed by atoms with Crippen LogP contribution in [0.4, 0.5) is 5.88 Å². The Labute approximate surface area is 129 Å². The normalized spacial score (nSPS) is 18.8. The molecule has 5 heteroatoms. The predicted octanol–water partition coefficient (Wildman–Crippen LogP) is 4.08. The smallest absolute Gasteiger partial charge is 0.230 e. The molecule has 3 rings (SSSR count). The van der Waals surface area contributed by atoms with Gasteiger partial charge in [0.1, 0.15) is 0 Å². The number of hydrogen-bond acceptors (Lipinski definition) is 4. The molecule has 1 fully saturated rings. The van der Waals surface area contributed by atoms with Gasteiger partial charge in [-0.1, -0.05) is 35.0 Å². The van der Waals surface area contributed by atoms with E-state index in [0.29, 0.717) is 17.0 Å². The molecular weight excluding hydrogens is 288 g/mol. The Hall–Kier alpha value is -1.52. The van der Waals surface area contributed by atoms with Crippen LogP contribution >= 0.6 is 11.6 Å². The van der Waals surface area contributed by atoms with Crippen molar-refractivity contribution in [1.29, 1.82) is 0 Å². The van der Waals surface area contributed by atoms with Crippen LogP contribution in [0.1, 0.15) is 31.4 Å². The summed E-state index contributed by atoms with van der Waals surface area (Å²) in [6.45, 7) is 0.864. The molecule has 1 atom stereocenters. The Kier molecular flexibility index (Phi) is 4.46. The summed E-state index contributed by atoms with van der Waals surface area (Å²) in [6.07, 6.45) is 5.56. The molecule has 1 aromatic carbocycles. The van der Waals surface area contributed by atoms with E-state index in [0.717, 1.165) is 49.1 Å². The Morgan fingerprint density at radius 2 is 2.14 bits per heavy atom. The average Bonchev–Trinajstić information content (AvgIpc) is 2.88. The molecule has 2 aromatic rings. The van der Waals surface area contributed by atoms with Crippen LogP contribution in [0.5, 0.6) is 0 Å². The van der Waals surface area contributed by atoms with Gasteiger partial charge < -0.3 is 15.0 Å². The molecule has 0 aliphatic carbocycles. The zero-order valence-corrected chi connectivity index (χ0v) is 12.6. The number of aromatic nitrogens is 1. The summed E-state index contributed by atoms with van der Waals surface area (Å²) < 4.78 is 10.9. The number of anilines is 1. The standard InChI is InChI=1S/C16H19ClN2O2/c17-13-7-2-1-6-12(13)15-14(19-21-16(15)18)9-8-11-5-3-4-10-20-11/h1-2,6-7,11H,3-5,8-10,18H2. The molecule has 1 unspecified atom stereocenters. The molecule has 0 radical (unpaired) electrons. The minimum atomic E-state index is 0.316. The minimum Gasteiger partial charge on any atom is -0.378 e. The lowest BCUT2D eigenvalue weighted by atomic mass is 9.99. The third kappa shape index (κ3) is 3.22. The number of nitrogen functional groups attached to an aromatic ring is 1. The molecule has 4 nitrogen and oxygen atoms in total. The first-order valence-corrected chi connectivity index (χ1v) is 7.74. The third-order valence-electron chi connectivity index (χ3n) is 3.91. The van der Waals surface area contributed by atoms with Crippen LogP contribution in [0.25, 0.3) is 11.1 Å². The van der Waals surface area contributed by atoms with E-state index in [-0.39, 0.29) is 0 Å². The van der Waals surface area contributed by atoms with Crippen molar-refractivity contribution in [2.45, 2.75) is 38.2 Å². The highest BCUT2D eigenvalue weighted by atomic mass is 35.5. The van der Waals surface area contributed by atoms with E-state index in [4.69, 9.17) is 26.6 Å². The molecule has 0 saturated carbocycles. The van der Waals surface area contributed by atoms with Gasteiger partial charge in [-0.2, -0.15) is 0 Å². The van der Waals surface area contributed by atoms with Crippen LogP contribution in [-0.4, -0.2) is 17.9 Å².